The van der Waals surface area contributed by atoms with Crippen LogP contribution in [0.5, 0.6) is 11.6 Å². The third-order valence-electron chi connectivity index (χ3n) is 6.58. The Balaban J connectivity index is 1.69. The molecule has 0 radical (unpaired) electrons. The SMILES string of the molecule is CCc1ccc(NC(=O)[C@H]([C@@H](C)c2ccccc2)n2c(O)c(-c3ccc(OCCOC)cc3)[nH]c2=O)cc1. The highest BCUT2D eigenvalue weighted by Gasteiger charge is 2.33. The van der Waals surface area contributed by atoms with Gasteiger partial charge in [0.2, 0.25) is 11.8 Å². The van der Waals surface area contributed by atoms with Crippen LogP contribution in [0.25, 0.3) is 11.3 Å². The number of aryl methyl sites for hydroxylation is 1. The van der Waals surface area contributed by atoms with Crippen molar-refractivity contribution in [2.75, 3.05) is 25.6 Å². The molecule has 3 aromatic carbocycles. The van der Waals surface area contributed by atoms with Crippen LogP contribution in [-0.4, -0.2) is 40.9 Å². The van der Waals surface area contributed by atoms with Crippen LogP contribution in [0, 0.1) is 0 Å². The lowest BCUT2D eigenvalue weighted by Gasteiger charge is -2.25. The number of carbonyl (C=O) groups excluding carboxylic acids is 1. The Labute approximate surface area is 221 Å². The standard InChI is InChI=1S/C30H33N3O5/c1-4-21-10-14-24(15-11-21)31-28(34)27(20(2)22-8-6-5-7-9-22)33-29(35)26(32-30(33)36)23-12-16-25(17-13-23)38-19-18-37-3/h5-17,20,27,35H,4,18-19H2,1-3H3,(H,31,34)(H,32,36)/t20-,27-/m0/s1. The monoisotopic (exact) mass is 515 g/mol. The predicted molar refractivity (Wildman–Crippen MR) is 148 cm³/mol. The number of aromatic hydroxyl groups is 1. The van der Waals surface area contributed by atoms with Crippen molar-refractivity contribution < 1.29 is 19.4 Å². The van der Waals surface area contributed by atoms with Crippen molar-refractivity contribution in [1.82, 2.24) is 9.55 Å². The molecule has 0 spiro atoms. The summed E-state index contributed by atoms with van der Waals surface area (Å²) in [5.41, 5.74) is 2.85. The molecule has 198 valence electrons. The van der Waals surface area contributed by atoms with Crippen LogP contribution >= 0.6 is 0 Å². The first kappa shape index (κ1) is 26.8. The molecule has 1 aromatic heterocycles. The average Bonchev–Trinajstić information content (AvgIpc) is 3.23. The van der Waals surface area contributed by atoms with Crippen molar-refractivity contribution in [3.63, 3.8) is 0 Å². The molecule has 0 aliphatic rings. The Morgan fingerprint density at radius 1 is 1.00 bits per heavy atom. The number of anilines is 1. The lowest BCUT2D eigenvalue weighted by molar-refractivity contribution is -0.120. The lowest BCUT2D eigenvalue weighted by atomic mass is 9.92. The maximum atomic E-state index is 13.7. The third-order valence-corrected chi connectivity index (χ3v) is 6.58. The van der Waals surface area contributed by atoms with Gasteiger partial charge in [-0.2, -0.15) is 0 Å². The van der Waals surface area contributed by atoms with Gasteiger partial charge in [0.1, 0.15) is 24.1 Å². The quantitative estimate of drug-likeness (QED) is 0.241. The van der Waals surface area contributed by atoms with E-state index >= 15 is 0 Å². The number of carbonyl (C=O) groups is 1. The molecule has 1 amide bonds. The predicted octanol–water partition coefficient (Wildman–Crippen LogP) is 5.12. The maximum absolute atomic E-state index is 13.7. The zero-order valence-corrected chi connectivity index (χ0v) is 21.8. The van der Waals surface area contributed by atoms with Gasteiger partial charge in [-0.05, 0) is 53.9 Å². The minimum absolute atomic E-state index is 0.226. The van der Waals surface area contributed by atoms with Gasteiger partial charge in [0.15, 0.2) is 0 Å². The van der Waals surface area contributed by atoms with E-state index in [-0.39, 0.29) is 11.6 Å². The number of imidazole rings is 1. The first-order valence-electron chi connectivity index (χ1n) is 12.6. The summed E-state index contributed by atoms with van der Waals surface area (Å²) in [7, 11) is 1.60. The number of hydrogen-bond acceptors (Lipinski definition) is 5. The molecule has 4 rings (SSSR count). The molecule has 0 saturated carbocycles. The topological polar surface area (TPSA) is 106 Å². The normalized spacial score (nSPS) is 12.6. The van der Waals surface area contributed by atoms with Gasteiger partial charge < -0.3 is 24.9 Å². The molecule has 0 saturated heterocycles. The Morgan fingerprint density at radius 3 is 2.32 bits per heavy atom. The van der Waals surface area contributed by atoms with E-state index < -0.39 is 23.6 Å². The number of benzene rings is 3. The van der Waals surface area contributed by atoms with E-state index in [0.29, 0.717) is 30.2 Å². The Kier molecular flexibility index (Phi) is 8.66. The summed E-state index contributed by atoms with van der Waals surface area (Å²) in [6.07, 6.45) is 0.886. The lowest BCUT2D eigenvalue weighted by Crippen LogP contribution is -2.35. The second-order valence-electron chi connectivity index (χ2n) is 9.05. The number of aromatic amines is 1. The number of ether oxygens (including phenoxy) is 2. The molecule has 0 unspecified atom stereocenters. The molecule has 8 heteroatoms. The van der Waals surface area contributed by atoms with E-state index in [9.17, 15) is 14.7 Å². The van der Waals surface area contributed by atoms with Gasteiger partial charge in [-0.3, -0.25) is 4.79 Å². The highest BCUT2D eigenvalue weighted by atomic mass is 16.5. The van der Waals surface area contributed by atoms with Crippen LogP contribution in [0.3, 0.4) is 0 Å². The largest absolute Gasteiger partial charge is 0.493 e. The zero-order chi connectivity index (χ0) is 27.1. The van der Waals surface area contributed by atoms with E-state index in [1.54, 1.807) is 31.4 Å². The molecule has 38 heavy (non-hydrogen) atoms. The second-order valence-corrected chi connectivity index (χ2v) is 9.05. The van der Waals surface area contributed by atoms with Gasteiger partial charge >= 0.3 is 5.69 Å². The number of amides is 1. The number of H-pyrrole nitrogens is 1. The number of nitrogens with zero attached hydrogens (tertiary/aromatic N) is 1. The molecule has 3 N–H and O–H groups in total. The fourth-order valence-electron chi connectivity index (χ4n) is 4.41. The number of hydrogen-bond donors (Lipinski definition) is 3. The molecule has 0 bridgehead atoms. The first-order chi connectivity index (χ1) is 18.4. The molecule has 8 nitrogen and oxygen atoms in total. The van der Waals surface area contributed by atoms with Crippen molar-refractivity contribution in [2.24, 2.45) is 0 Å². The molecule has 0 aliphatic carbocycles. The van der Waals surface area contributed by atoms with Crippen molar-refractivity contribution in [3.05, 3.63) is 100 Å². The minimum atomic E-state index is -1.02. The number of nitrogens with one attached hydrogen (secondary N) is 2. The Bertz CT molecular complexity index is 1390. The van der Waals surface area contributed by atoms with Gasteiger partial charge in [0.05, 0.1) is 6.61 Å². The Hall–Kier alpha value is -4.30. The summed E-state index contributed by atoms with van der Waals surface area (Å²) in [5, 5.41) is 14.2. The summed E-state index contributed by atoms with van der Waals surface area (Å²) in [4.78, 5) is 29.6. The summed E-state index contributed by atoms with van der Waals surface area (Å²) in [6, 6.07) is 23.0. The highest BCUT2D eigenvalue weighted by molar-refractivity contribution is 5.94. The Morgan fingerprint density at radius 2 is 1.68 bits per heavy atom. The van der Waals surface area contributed by atoms with Crippen molar-refractivity contribution in [3.8, 4) is 22.9 Å². The molecule has 0 fully saturated rings. The van der Waals surface area contributed by atoms with Crippen LogP contribution in [0.4, 0.5) is 5.69 Å². The maximum Gasteiger partial charge on any atom is 0.329 e. The average molecular weight is 516 g/mol. The molecule has 2 atom stereocenters. The van der Waals surface area contributed by atoms with Gasteiger partial charge in [0.25, 0.3) is 0 Å². The van der Waals surface area contributed by atoms with E-state index in [2.05, 4.69) is 17.2 Å². The van der Waals surface area contributed by atoms with Crippen LogP contribution in [0.1, 0.15) is 36.9 Å². The number of methoxy groups -OCH3 is 1. The van der Waals surface area contributed by atoms with Crippen molar-refractivity contribution in [1.29, 1.82) is 0 Å². The summed E-state index contributed by atoms with van der Waals surface area (Å²) < 4.78 is 11.7. The fourth-order valence-corrected chi connectivity index (χ4v) is 4.41. The van der Waals surface area contributed by atoms with Crippen LogP contribution in [-0.2, 0) is 16.0 Å². The van der Waals surface area contributed by atoms with Crippen LogP contribution in [0.2, 0.25) is 0 Å². The number of aromatic nitrogens is 2. The molecular weight excluding hydrogens is 482 g/mol. The summed E-state index contributed by atoms with van der Waals surface area (Å²) >= 11 is 0. The van der Waals surface area contributed by atoms with Crippen molar-refractivity contribution >= 4 is 11.6 Å². The molecule has 0 aliphatic heterocycles. The van der Waals surface area contributed by atoms with Gasteiger partial charge in [0, 0.05) is 24.3 Å². The minimum Gasteiger partial charge on any atom is -0.493 e. The molecule has 4 aromatic rings. The van der Waals surface area contributed by atoms with E-state index in [1.807, 2.05) is 61.5 Å². The zero-order valence-electron chi connectivity index (χ0n) is 21.8. The highest BCUT2D eigenvalue weighted by Crippen LogP contribution is 2.35. The molecule has 1 heterocycles. The van der Waals surface area contributed by atoms with Gasteiger partial charge in [-0.15, -0.1) is 0 Å². The van der Waals surface area contributed by atoms with E-state index in [4.69, 9.17) is 9.47 Å². The summed E-state index contributed by atoms with van der Waals surface area (Å²) in [6.45, 7) is 4.80. The van der Waals surface area contributed by atoms with E-state index in [1.165, 1.54) is 0 Å². The van der Waals surface area contributed by atoms with E-state index in [0.717, 1.165) is 22.1 Å². The van der Waals surface area contributed by atoms with Gasteiger partial charge in [-0.25, -0.2) is 9.36 Å². The van der Waals surface area contributed by atoms with Crippen LogP contribution < -0.4 is 15.7 Å². The fraction of sp³-hybridized carbons (Fsp3) is 0.267. The number of rotatable bonds is 11. The smallest absolute Gasteiger partial charge is 0.329 e. The second kappa shape index (κ2) is 12.3. The molecular formula is C30H33N3O5. The van der Waals surface area contributed by atoms with Crippen LogP contribution in [0.15, 0.2) is 83.7 Å². The summed E-state index contributed by atoms with van der Waals surface area (Å²) in [5.74, 6) is -0.506. The first-order valence-corrected chi connectivity index (χ1v) is 12.6. The van der Waals surface area contributed by atoms with Crippen molar-refractivity contribution in [2.45, 2.75) is 32.2 Å². The third kappa shape index (κ3) is 5.98. The van der Waals surface area contributed by atoms with Gasteiger partial charge in [-0.1, -0.05) is 56.3 Å².